The zero-order valence-electron chi connectivity index (χ0n) is 39.3. The van der Waals surface area contributed by atoms with E-state index in [9.17, 15) is 57.9 Å². The molecule has 2 N–H and O–H groups in total. The van der Waals surface area contributed by atoms with Gasteiger partial charge in [0, 0.05) is 45.5 Å². The van der Waals surface area contributed by atoms with E-state index in [1.54, 1.807) is 19.1 Å². The van der Waals surface area contributed by atoms with Gasteiger partial charge >= 0.3 is 113 Å². The van der Waals surface area contributed by atoms with Crippen LogP contribution in [0.25, 0.3) is 0 Å². The van der Waals surface area contributed by atoms with Crippen molar-refractivity contribution in [2.75, 3.05) is 85.9 Å². The molecule has 0 aromatic rings. The third-order valence-corrected chi connectivity index (χ3v) is 14.2. The molecule has 30 heteroatoms. The molecule has 3 fully saturated rings. The Morgan fingerprint density at radius 3 is 1.55 bits per heavy atom. The van der Waals surface area contributed by atoms with Gasteiger partial charge in [-0.3, -0.25) is 9.59 Å². The zero-order valence-corrected chi connectivity index (χ0v) is 43.8. The maximum atomic E-state index is 11.6. The fraction of sp³-hybridized carbons (Fsp3) is 0.846. The van der Waals surface area contributed by atoms with Crippen LogP contribution in [0.1, 0.15) is 73.1 Å². The van der Waals surface area contributed by atoms with Crippen LogP contribution in [0.15, 0.2) is 25.3 Å². The second kappa shape index (κ2) is 39.7. The van der Waals surface area contributed by atoms with Gasteiger partial charge in [-0.05, 0) is 47.5 Å². The van der Waals surface area contributed by atoms with Crippen LogP contribution >= 0.6 is 0 Å². The zero-order chi connectivity index (χ0) is 52.9. The van der Waals surface area contributed by atoms with Crippen molar-refractivity contribution in [2.45, 2.75) is 127 Å². The number of carbonyl (C=O) groups excluding carboxylic acids is 2. The van der Waals surface area contributed by atoms with Crippen molar-refractivity contribution >= 4 is 54.1 Å². The van der Waals surface area contributed by atoms with Crippen LogP contribution in [-0.4, -0.2) is 201 Å². The van der Waals surface area contributed by atoms with Crippen LogP contribution in [0.3, 0.4) is 0 Å². The molecule has 0 aromatic heterocycles. The number of allylic oxidation sites excluding steroid dienone is 2. The van der Waals surface area contributed by atoms with E-state index in [0.717, 1.165) is 26.2 Å². The number of hydrogen-bond donors (Lipinski definition) is 2. The van der Waals surface area contributed by atoms with E-state index in [1.165, 1.54) is 0 Å². The predicted molar refractivity (Wildman–Crippen MR) is 231 cm³/mol. The normalized spacial score (nSPS) is 18.8. The van der Waals surface area contributed by atoms with Gasteiger partial charge in [0.25, 0.3) is 0 Å². The molecule has 2 radical (unpaired) electrons. The maximum absolute atomic E-state index is 11.6. The summed E-state index contributed by atoms with van der Waals surface area (Å²) in [6, 6.07) is 0. The predicted octanol–water partition coefficient (Wildman–Crippen LogP) is 3.77. The van der Waals surface area contributed by atoms with E-state index in [-0.39, 0.29) is 63.2 Å². The number of epoxide rings is 3. The van der Waals surface area contributed by atoms with Gasteiger partial charge in [0.1, 0.15) is 18.3 Å². The molecule has 3 rings (SSSR count). The molecule has 0 spiro atoms. The quantitative estimate of drug-likeness (QED) is 0.0180. The number of carbonyl (C=O) groups is 2. The van der Waals surface area contributed by atoms with Crippen molar-refractivity contribution in [3.8, 4) is 0 Å². The minimum absolute atomic E-state index is 0.0887. The molecule has 7 unspecified atom stereocenters. The monoisotopic (exact) mass is 1170 g/mol. The summed E-state index contributed by atoms with van der Waals surface area (Å²) in [7, 11) is -12.3. The molecule has 3 aliphatic heterocycles. The van der Waals surface area contributed by atoms with E-state index in [4.69, 9.17) is 57.2 Å². The van der Waals surface area contributed by atoms with E-state index in [0.29, 0.717) is 84.0 Å². The van der Waals surface area contributed by atoms with Crippen LogP contribution < -0.4 is 0 Å². The topological polar surface area (TPSA) is 273 Å². The fourth-order valence-corrected chi connectivity index (χ4v) is 8.16. The van der Waals surface area contributed by atoms with Crippen molar-refractivity contribution in [3.05, 3.63) is 25.3 Å². The Bertz CT molecular complexity index is 1520. The van der Waals surface area contributed by atoms with Gasteiger partial charge < -0.3 is 62.3 Å². The van der Waals surface area contributed by atoms with Gasteiger partial charge in [0.2, 0.25) is 0 Å². The second-order valence-corrected chi connectivity index (χ2v) is 20.2. The Labute approximate surface area is 411 Å². The van der Waals surface area contributed by atoms with Crippen molar-refractivity contribution in [2.24, 2.45) is 0 Å². The number of ether oxygens (including phenoxy) is 11. The number of aliphatic hydroxyl groups is 2. The van der Waals surface area contributed by atoms with Gasteiger partial charge in [-0.1, -0.05) is 12.2 Å². The first kappa shape index (κ1) is 69.3. The minimum atomic E-state index is -6.15. The molecule has 69 heavy (non-hydrogen) atoms. The van der Waals surface area contributed by atoms with Crippen LogP contribution in [0, 0.1) is 0 Å². The number of halogens is 6. The summed E-state index contributed by atoms with van der Waals surface area (Å²) in [4.78, 5) is 22.3. The first-order valence-electron chi connectivity index (χ1n) is 21.4. The van der Waals surface area contributed by atoms with E-state index < -0.39 is 59.3 Å². The van der Waals surface area contributed by atoms with Crippen molar-refractivity contribution < 1.29 is 120 Å². The fourth-order valence-electron chi connectivity index (χ4n) is 3.82. The summed E-state index contributed by atoms with van der Waals surface area (Å²) in [5.41, 5.74) is -11.7. The Kier molecular flexibility index (Phi) is 39.8. The molecule has 0 saturated carbocycles. The third kappa shape index (κ3) is 42.4. The molecule has 0 amide bonds. The van der Waals surface area contributed by atoms with Gasteiger partial charge in [-0.2, -0.15) is 0 Å². The SMILES string of the molecule is C=CCCC(=O)OCCC(O)COC(COCC1CO1)COC(C)OCC.C=CCCC(=O)OCCC1CO1.CCO.CCOC(C)OCC1CO1.O=S(=O)([O][Sn][O]S(=O)(=O)C(F)(F)F)C(F)(F)F. The van der Waals surface area contributed by atoms with Crippen LogP contribution in [0.4, 0.5) is 26.3 Å². The Balaban J connectivity index is 0. The van der Waals surface area contributed by atoms with Crippen molar-refractivity contribution in [1.29, 1.82) is 0 Å². The molecule has 0 aromatic carbocycles. The van der Waals surface area contributed by atoms with Gasteiger partial charge in [0.15, 0.2) is 12.6 Å². The van der Waals surface area contributed by atoms with Crippen LogP contribution in [0.5, 0.6) is 0 Å². The Hall–Kier alpha value is -1.82. The van der Waals surface area contributed by atoms with Crippen molar-refractivity contribution in [1.82, 2.24) is 0 Å². The number of aliphatic hydroxyl groups excluding tert-OH is 2. The van der Waals surface area contributed by atoms with Crippen molar-refractivity contribution in [3.63, 3.8) is 0 Å². The molecule has 3 aliphatic rings. The average Bonchev–Trinajstić information content (AvgIpc) is 4.10. The van der Waals surface area contributed by atoms with E-state index >= 15 is 0 Å². The molecule has 408 valence electrons. The van der Waals surface area contributed by atoms with Crippen LogP contribution in [-0.2, 0) is 87.0 Å². The summed E-state index contributed by atoms with van der Waals surface area (Å²) < 4.78 is 174. The standard InChI is InChI=1S/C19H34O8.C9H14O3.C7H14O3.C2H6O.2CHF3O3S.Sn/c1-4-6-7-19(21)24-9-8-16(20)10-26-17(11-22-12-18-14-27-18)13-25-15(3)23-5-2;1-2-3-4-9(10)11-6-5-8-7-12-8;1-3-8-6(2)9-4-7-5-10-7;1-2-3;2*2-1(3,4)8(5,6)7;/h4,15-18,20H,1,5-14H2,2-3H3;2,8H,1,3-7H2;6-7H,3-5H2,1-2H3;3H,2H2,1H3;2*(H,5,6,7);/q;;;;;;+2/p-2. The Morgan fingerprint density at radius 2 is 1.13 bits per heavy atom. The number of esters is 2. The molecule has 0 aliphatic carbocycles. The first-order chi connectivity index (χ1) is 32.3. The van der Waals surface area contributed by atoms with Gasteiger partial charge in [-0.25, -0.2) is 0 Å². The average molecular weight is 1170 g/mol. The molecule has 21 nitrogen and oxygen atoms in total. The Morgan fingerprint density at radius 1 is 0.696 bits per heavy atom. The number of alkyl halides is 6. The summed E-state index contributed by atoms with van der Waals surface area (Å²) in [5.74, 6) is -0.439. The summed E-state index contributed by atoms with van der Waals surface area (Å²) in [5, 5.41) is 17.6. The van der Waals surface area contributed by atoms with Crippen LogP contribution in [0.2, 0.25) is 0 Å². The molecule has 3 heterocycles. The number of hydrogen-bond acceptors (Lipinski definition) is 21. The number of rotatable bonds is 33. The van der Waals surface area contributed by atoms with Gasteiger partial charge in [-0.15, -0.1) is 13.2 Å². The summed E-state index contributed by atoms with van der Waals surface area (Å²) in [6.45, 7) is 22.8. The molecular formula is C39H68F6O21S2Sn. The van der Waals surface area contributed by atoms with E-state index in [2.05, 4.69) is 18.2 Å². The molecular weight excluding hydrogens is 1100 g/mol. The second-order valence-electron chi connectivity index (χ2n) is 13.8. The van der Waals surface area contributed by atoms with Gasteiger partial charge in [0.05, 0.1) is 78.3 Å². The summed E-state index contributed by atoms with van der Waals surface area (Å²) in [6.07, 6.45) is 5.88. The molecule has 3 saturated heterocycles. The third-order valence-electron chi connectivity index (χ3n) is 7.55. The molecule has 7 atom stereocenters. The first-order valence-corrected chi connectivity index (χ1v) is 26.5. The summed E-state index contributed by atoms with van der Waals surface area (Å²) >= 11 is -3.86. The van der Waals surface area contributed by atoms with E-state index in [1.807, 2.05) is 27.7 Å². The molecule has 0 bridgehead atoms.